The average molecular weight is 471 g/mol. The lowest BCUT2D eigenvalue weighted by molar-refractivity contribution is -0.132. The maximum absolute atomic E-state index is 11.2. The Kier molecular flexibility index (Phi) is 6.30. The third-order valence-corrected chi connectivity index (χ3v) is 11.3. The van der Waals surface area contributed by atoms with Gasteiger partial charge in [-0.15, -0.1) is 0 Å². The van der Waals surface area contributed by atoms with E-state index in [2.05, 4.69) is 53.7 Å². The quantitative estimate of drug-likeness (QED) is 0.326. The molecular weight excluding hydrogens is 424 g/mol. The van der Waals surface area contributed by atoms with Crippen molar-refractivity contribution < 1.29 is 20.1 Å². The van der Waals surface area contributed by atoms with Gasteiger partial charge in [0, 0.05) is 11.0 Å². The molecule has 4 aliphatic rings. The van der Waals surface area contributed by atoms with Gasteiger partial charge in [-0.25, -0.2) is 4.79 Å². The van der Waals surface area contributed by atoms with E-state index in [1.807, 2.05) is 0 Å². The molecule has 4 rings (SSSR count). The van der Waals surface area contributed by atoms with Crippen LogP contribution in [0.25, 0.3) is 0 Å². The standard InChI is InChI=1S/C30H46O4/c1-18(26(33)34)16-20(31)17-19(2)28(5)14-15-30(7)22-8-10-23-27(3,4)25(32)12-13-29(23,6)21(22)9-11-24(28)30/h8,11,16,19-21,23,25,31-32H,9-10,12-15,17H2,1-7H3,(H,33,34). The van der Waals surface area contributed by atoms with Crippen LogP contribution in [0.4, 0.5) is 0 Å². The van der Waals surface area contributed by atoms with E-state index in [1.165, 1.54) is 6.08 Å². The van der Waals surface area contributed by atoms with Gasteiger partial charge in [-0.2, -0.15) is 0 Å². The van der Waals surface area contributed by atoms with Gasteiger partial charge in [-0.05, 0) is 91.9 Å². The lowest BCUT2D eigenvalue weighted by atomic mass is 9.44. The minimum Gasteiger partial charge on any atom is -0.478 e. The molecule has 0 saturated heterocycles. The summed E-state index contributed by atoms with van der Waals surface area (Å²) in [7, 11) is 0. The van der Waals surface area contributed by atoms with E-state index in [0.29, 0.717) is 18.3 Å². The second-order valence-corrected chi connectivity index (χ2v) is 13.3. The van der Waals surface area contributed by atoms with Crippen LogP contribution in [0.5, 0.6) is 0 Å². The summed E-state index contributed by atoms with van der Waals surface area (Å²) in [4.78, 5) is 11.2. The molecule has 0 spiro atoms. The van der Waals surface area contributed by atoms with Crippen LogP contribution < -0.4 is 0 Å². The number of aliphatic hydroxyl groups excluding tert-OH is 2. The van der Waals surface area contributed by atoms with E-state index in [1.54, 1.807) is 18.1 Å². The number of hydrogen-bond acceptors (Lipinski definition) is 3. The van der Waals surface area contributed by atoms with Crippen LogP contribution >= 0.6 is 0 Å². The largest absolute Gasteiger partial charge is 0.478 e. The zero-order chi connectivity index (χ0) is 25.3. The molecule has 0 bridgehead atoms. The average Bonchev–Trinajstić information content (AvgIpc) is 3.03. The first-order chi connectivity index (χ1) is 15.7. The predicted molar refractivity (Wildman–Crippen MR) is 136 cm³/mol. The van der Waals surface area contributed by atoms with Crippen LogP contribution in [-0.2, 0) is 4.79 Å². The summed E-state index contributed by atoms with van der Waals surface area (Å²) in [6, 6.07) is 0. The number of carboxylic acid groups (broad SMARTS) is 1. The Morgan fingerprint density at radius 1 is 1.12 bits per heavy atom. The number of aliphatic hydroxyl groups is 2. The molecule has 8 unspecified atom stereocenters. The van der Waals surface area contributed by atoms with Crippen molar-refractivity contribution in [3.8, 4) is 0 Å². The Morgan fingerprint density at radius 2 is 1.79 bits per heavy atom. The first kappa shape index (κ1) is 25.7. The van der Waals surface area contributed by atoms with E-state index in [-0.39, 0.29) is 39.3 Å². The topological polar surface area (TPSA) is 77.8 Å². The van der Waals surface area contributed by atoms with Gasteiger partial charge in [-0.1, -0.05) is 64.8 Å². The van der Waals surface area contributed by atoms with Crippen LogP contribution in [0.15, 0.2) is 34.9 Å². The molecule has 0 aliphatic heterocycles. The first-order valence-corrected chi connectivity index (χ1v) is 13.4. The summed E-state index contributed by atoms with van der Waals surface area (Å²) in [6.45, 7) is 15.6. The van der Waals surface area contributed by atoms with Gasteiger partial charge in [0.05, 0.1) is 12.2 Å². The minimum atomic E-state index is -0.971. The summed E-state index contributed by atoms with van der Waals surface area (Å²) in [6.07, 6.45) is 12.5. The van der Waals surface area contributed by atoms with Gasteiger partial charge in [0.2, 0.25) is 0 Å². The second kappa shape index (κ2) is 8.34. The van der Waals surface area contributed by atoms with Crippen molar-refractivity contribution in [3.05, 3.63) is 34.9 Å². The van der Waals surface area contributed by atoms with Crippen molar-refractivity contribution in [3.63, 3.8) is 0 Å². The molecule has 34 heavy (non-hydrogen) atoms. The SMILES string of the molecule is CC(=CC(O)CC(C)C1(C)CCC2(C)C3=CCC4C(C)(C)C(O)CCC4(C)C3CC=C21)C(=O)O. The summed E-state index contributed by atoms with van der Waals surface area (Å²) in [5.41, 5.74) is 3.61. The zero-order valence-corrected chi connectivity index (χ0v) is 22.3. The van der Waals surface area contributed by atoms with E-state index in [9.17, 15) is 15.0 Å². The van der Waals surface area contributed by atoms with Gasteiger partial charge in [-0.3, -0.25) is 0 Å². The molecule has 0 radical (unpaired) electrons. The molecule has 0 aromatic carbocycles. The third-order valence-electron chi connectivity index (χ3n) is 11.3. The highest BCUT2D eigenvalue weighted by Crippen LogP contribution is 2.70. The van der Waals surface area contributed by atoms with Gasteiger partial charge in [0.25, 0.3) is 0 Å². The maximum Gasteiger partial charge on any atom is 0.331 e. The van der Waals surface area contributed by atoms with E-state index in [4.69, 9.17) is 5.11 Å². The van der Waals surface area contributed by atoms with Gasteiger partial charge < -0.3 is 15.3 Å². The molecule has 0 amide bonds. The number of fused-ring (bicyclic) bond motifs is 5. The van der Waals surface area contributed by atoms with Crippen molar-refractivity contribution >= 4 is 5.97 Å². The Balaban J connectivity index is 1.62. The number of aliphatic carboxylic acids is 1. The Labute approximate surface area is 206 Å². The minimum absolute atomic E-state index is 0.00624. The van der Waals surface area contributed by atoms with E-state index in [0.717, 1.165) is 38.5 Å². The van der Waals surface area contributed by atoms with Crippen LogP contribution in [-0.4, -0.2) is 33.5 Å². The van der Waals surface area contributed by atoms with Crippen LogP contribution in [0.3, 0.4) is 0 Å². The third kappa shape index (κ3) is 3.66. The number of allylic oxidation sites excluding steroid dienone is 4. The van der Waals surface area contributed by atoms with Gasteiger partial charge in [0.15, 0.2) is 0 Å². The number of hydrogen-bond donors (Lipinski definition) is 3. The smallest absolute Gasteiger partial charge is 0.331 e. The Morgan fingerprint density at radius 3 is 2.44 bits per heavy atom. The number of carboxylic acids is 1. The highest BCUT2D eigenvalue weighted by atomic mass is 16.4. The van der Waals surface area contributed by atoms with Gasteiger partial charge >= 0.3 is 5.97 Å². The molecule has 2 saturated carbocycles. The molecule has 4 heteroatoms. The molecule has 4 aliphatic carbocycles. The fourth-order valence-electron chi connectivity index (χ4n) is 8.78. The fraction of sp³-hybridized carbons (Fsp3) is 0.767. The van der Waals surface area contributed by atoms with E-state index >= 15 is 0 Å². The molecule has 0 aromatic heterocycles. The fourth-order valence-corrected chi connectivity index (χ4v) is 8.78. The van der Waals surface area contributed by atoms with Gasteiger partial charge in [0.1, 0.15) is 0 Å². The van der Waals surface area contributed by atoms with Crippen LogP contribution in [0.2, 0.25) is 0 Å². The second-order valence-electron chi connectivity index (χ2n) is 13.3. The zero-order valence-electron chi connectivity index (χ0n) is 22.3. The summed E-state index contributed by atoms with van der Waals surface area (Å²) in [5, 5.41) is 30.6. The molecule has 8 atom stereocenters. The number of carbonyl (C=O) groups is 1. The monoisotopic (exact) mass is 470 g/mol. The summed E-state index contributed by atoms with van der Waals surface area (Å²) in [5.74, 6) is 0.321. The molecule has 190 valence electrons. The maximum atomic E-state index is 11.2. The first-order valence-electron chi connectivity index (χ1n) is 13.4. The summed E-state index contributed by atoms with van der Waals surface area (Å²) < 4.78 is 0. The highest BCUT2D eigenvalue weighted by Gasteiger charge is 2.61. The van der Waals surface area contributed by atoms with Crippen molar-refractivity contribution in [2.45, 2.75) is 106 Å². The Bertz CT molecular complexity index is 941. The molecule has 4 nitrogen and oxygen atoms in total. The Hall–Kier alpha value is -1.39. The predicted octanol–water partition coefficient (Wildman–Crippen LogP) is 6.29. The normalized spacial score (nSPS) is 43.1. The number of rotatable bonds is 5. The lowest BCUT2D eigenvalue weighted by Crippen LogP contribution is -2.55. The molecular formula is C30H46O4. The van der Waals surface area contributed by atoms with Crippen molar-refractivity contribution in [2.24, 2.45) is 39.4 Å². The summed E-state index contributed by atoms with van der Waals surface area (Å²) >= 11 is 0. The molecule has 2 fully saturated rings. The van der Waals surface area contributed by atoms with Crippen LogP contribution in [0.1, 0.15) is 93.4 Å². The highest BCUT2D eigenvalue weighted by molar-refractivity contribution is 5.85. The van der Waals surface area contributed by atoms with Crippen molar-refractivity contribution in [1.29, 1.82) is 0 Å². The van der Waals surface area contributed by atoms with Crippen molar-refractivity contribution in [2.75, 3.05) is 0 Å². The molecule has 3 N–H and O–H groups in total. The van der Waals surface area contributed by atoms with Crippen LogP contribution in [0, 0.1) is 39.4 Å². The van der Waals surface area contributed by atoms with Crippen molar-refractivity contribution in [1.82, 2.24) is 0 Å². The van der Waals surface area contributed by atoms with E-state index < -0.39 is 12.1 Å². The lowest BCUT2D eigenvalue weighted by Gasteiger charge is -2.61. The molecule has 0 heterocycles. The molecule has 0 aromatic rings.